The Labute approximate surface area is 171 Å². The minimum absolute atomic E-state index is 0.0894. The van der Waals surface area contributed by atoms with Gasteiger partial charge in [-0.25, -0.2) is 13.9 Å². The number of ether oxygens (including phenoxy) is 1. The average molecular weight is 414 g/mol. The van der Waals surface area contributed by atoms with Crippen LogP contribution in [0.5, 0.6) is 0 Å². The number of esters is 1. The lowest BCUT2D eigenvalue weighted by atomic mass is 10.2. The van der Waals surface area contributed by atoms with E-state index in [4.69, 9.17) is 16.3 Å². The number of benzene rings is 2. The molecule has 1 heterocycles. The van der Waals surface area contributed by atoms with Crippen LogP contribution in [0, 0.1) is 5.82 Å². The van der Waals surface area contributed by atoms with Gasteiger partial charge in [-0.3, -0.25) is 4.79 Å². The van der Waals surface area contributed by atoms with Gasteiger partial charge in [-0.05, 0) is 37.3 Å². The molecular formula is C21H17ClFN3O3. The summed E-state index contributed by atoms with van der Waals surface area (Å²) < 4.78 is 20.3. The van der Waals surface area contributed by atoms with E-state index in [1.165, 1.54) is 35.2 Å². The number of aromatic nitrogens is 2. The number of nitrogens with one attached hydrogen (secondary N) is 1. The predicted molar refractivity (Wildman–Crippen MR) is 109 cm³/mol. The number of carbonyl (C=O) groups excluding carboxylic acids is 2. The normalized spacial score (nSPS) is 10.9. The van der Waals surface area contributed by atoms with Crippen LogP contribution in [-0.2, 0) is 9.53 Å². The minimum Gasteiger partial charge on any atom is -0.462 e. The predicted octanol–water partition coefficient (Wildman–Crippen LogP) is 4.49. The summed E-state index contributed by atoms with van der Waals surface area (Å²) in [5.74, 6) is -1.62. The first-order valence-electron chi connectivity index (χ1n) is 8.75. The zero-order chi connectivity index (χ0) is 20.8. The fourth-order valence-electron chi connectivity index (χ4n) is 2.58. The van der Waals surface area contributed by atoms with E-state index in [0.717, 1.165) is 6.08 Å². The highest BCUT2D eigenvalue weighted by molar-refractivity contribution is 6.32. The lowest BCUT2D eigenvalue weighted by molar-refractivity contribution is -0.111. The van der Waals surface area contributed by atoms with Crippen LogP contribution in [0.4, 0.5) is 10.2 Å². The lowest BCUT2D eigenvalue weighted by Gasteiger charge is -2.10. The third-order valence-corrected chi connectivity index (χ3v) is 4.24. The molecule has 3 rings (SSSR count). The first kappa shape index (κ1) is 20.3. The van der Waals surface area contributed by atoms with Crippen LogP contribution in [0.15, 0.2) is 60.8 Å². The number of amides is 1. The molecule has 0 unspecified atom stereocenters. The Morgan fingerprint density at radius 1 is 1.21 bits per heavy atom. The van der Waals surface area contributed by atoms with Gasteiger partial charge in [-0.2, -0.15) is 5.10 Å². The van der Waals surface area contributed by atoms with E-state index in [1.807, 2.05) is 6.07 Å². The van der Waals surface area contributed by atoms with Crippen LogP contribution in [0.2, 0.25) is 5.02 Å². The van der Waals surface area contributed by atoms with Crippen LogP contribution < -0.4 is 5.32 Å². The number of rotatable bonds is 6. The molecular weight excluding hydrogens is 397 g/mol. The Morgan fingerprint density at radius 2 is 1.97 bits per heavy atom. The summed E-state index contributed by atoms with van der Waals surface area (Å²) in [7, 11) is 0. The SMILES string of the molecule is CCOC(=O)c1cnn(-c2ccccc2)c1NC(=O)C=Cc1c(F)cccc1Cl. The van der Waals surface area contributed by atoms with Crippen LogP contribution in [0.25, 0.3) is 11.8 Å². The molecule has 3 aromatic rings. The number of hydrogen-bond acceptors (Lipinski definition) is 4. The molecule has 0 spiro atoms. The third-order valence-electron chi connectivity index (χ3n) is 3.91. The first-order valence-corrected chi connectivity index (χ1v) is 9.12. The second-order valence-corrected chi connectivity index (χ2v) is 6.24. The monoisotopic (exact) mass is 413 g/mol. The van der Waals surface area contributed by atoms with Crippen LogP contribution in [0.1, 0.15) is 22.8 Å². The van der Waals surface area contributed by atoms with Crippen LogP contribution >= 0.6 is 11.6 Å². The molecule has 8 heteroatoms. The van der Waals surface area contributed by atoms with E-state index in [0.29, 0.717) is 5.69 Å². The Morgan fingerprint density at radius 3 is 2.66 bits per heavy atom. The van der Waals surface area contributed by atoms with Gasteiger partial charge in [-0.1, -0.05) is 35.9 Å². The summed E-state index contributed by atoms with van der Waals surface area (Å²) in [6.07, 6.45) is 3.71. The highest BCUT2D eigenvalue weighted by Crippen LogP contribution is 2.23. The second kappa shape index (κ2) is 9.16. The maximum Gasteiger partial charge on any atom is 0.343 e. The highest BCUT2D eigenvalue weighted by Gasteiger charge is 2.21. The molecule has 0 aliphatic rings. The molecule has 1 aromatic heterocycles. The Hall–Kier alpha value is -3.45. The van der Waals surface area contributed by atoms with E-state index in [2.05, 4.69) is 10.4 Å². The average Bonchev–Trinajstić information content (AvgIpc) is 3.12. The highest BCUT2D eigenvalue weighted by atomic mass is 35.5. The van der Waals surface area contributed by atoms with Crippen molar-refractivity contribution in [2.75, 3.05) is 11.9 Å². The molecule has 2 aromatic carbocycles. The van der Waals surface area contributed by atoms with E-state index >= 15 is 0 Å². The molecule has 0 saturated carbocycles. The molecule has 0 radical (unpaired) electrons. The molecule has 1 amide bonds. The van der Waals surface area contributed by atoms with Crippen molar-refractivity contribution < 1.29 is 18.7 Å². The van der Waals surface area contributed by atoms with Gasteiger partial charge in [0, 0.05) is 11.6 Å². The standard InChI is InChI=1S/C21H17ClFN3O3/c1-2-29-21(28)16-13-24-26(14-7-4-3-5-8-14)20(16)25-19(27)12-11-15-17(22)9-6-10-18(15)23/h3-13H,2H2,1H3,(H,25,27). The molecule has 0 aliphatic heterocycles. The maximum absolute atomic E-state index is 13.9. The van der Waals surface area contributed by atoms with Gasteiger partial charge in [0.1, 0.15) is 11.4 Å². The van der Waals surface area contributed by atoms with E-state index in [1.54, 1.807) is 31.2 Å². The zero-order valence-corrected chi connectivity index (χ0v) is 16.2. The lowest BCUT2D eigenvalue weighted by Crippen LogP contribution is -2.16. The minimum atomic E-state index is -0.619. The first-order chi connectivity index (χ1) is 14.0. The number of halogens is 2. The molecule has 0 atom stereocenters. The summed E-state index contributed by atoms with van der Waals surface area (Å²) >= 11 is 5.96. The van der Waals surface area contributed by atoms with E-state index in [9.17, 15) is 14.0 Å². The van der Waals surface area contributed by atoms with Gasteiger partial charge in [0.25, 0.3) is 0 Å². The van der Waals surface area contributed by atoms with Crippen molar-refractivity contribution in [3.63, 3.8) is 0 Å². The summed E-state index contributed by atoms with van der Waals surface area (Å²) in [6, 6.07) is 13.2. The number of nitrogens with zero attached hydrogens (tertiary/aromatic N) is 2. The van der Waals surface area contributed by atoms with Crippen molar-refractivity contribution in [1.82, 2.24) is 9.78 Å². The molecule has 0 saturated heterocycles. The molecule has 29 heavy (non-hydrogen) atoms. The Kier molecular flexibility index (Phi) is 6.41. The fourth-order valence-corrected chi connectivity index (χ4v) is 2.81. The van der Waals surface area contributed by atoms with Gasteiger partial charge in [0.15, 0.2) is 5.82 Å². The topological polar surface area (TPSA) is 73.2 Å². The van der Waals surface area contributed by atoms with Crippen molar-refractivity contribution >= 4 is 35.4 Å². The van der Waals surface area contributed by atoms with E-state index in [-0.39, 0.29) is 28.6 Å². The summed E-state index contributed by atoms with van der Waals surface area (Å²) in [5, 5.41) is 6.98. The van der Waals surface area contributed by atoms with Gasteiger partial charge >= 0.3 is 5.97 Å². The van der Waals surface area contributed by atoms with Crippen molar-refractivity contribution in [2.24, 2.45) is 0 Å². The Balaban J connectivity index is 1.92. The zero-order valence-electron chi connectivity index (χ0n) is 15.4. The summed E-state index contributed by atoms with van der Waals surface area (Å²) in [5.41, 5.74) is 0.826. The van der Waals surface area contributed by atoms with Crippen molar-refractivity contribution in [3.8, 4) is 5.69 Å². The number of para-hydroxylation sites is 1. The summed E-state index contributed by atoms with van der Waals surface area (Å²) in [4.78, 5) is 24.7. The van der Waals surface area contributed by atoms with Gasteiger partial charge in [0.05, 0.1) is 23.5 Å². The quantitative estimate of drug-likeness (QED) is 0.477. The smallest absolute Gasteiger partial charge is 0.343 e. The number of hydrogen-bond donors (Lipinski definition) is 1. The molecule has 0 bridgehead atoms. The van der Waals surface area contributed by atoms with Crippen LogP contribution in [-0.4, -0.2) is 28.3 Å². The van der Waals surface area contributed by atoms with Crippen molar-refractivity contribution in [3.05, 3.63) is 82.8 Å². The second-order valence-electron chi connectivity index (χ2n) is 5.83. The molecule has 0 fully saturated rings. The molecule has 6 nitrogen and oxygen atoms in total. The molecule has 0 aliphatic carbocycles. The van der Waals surface area contributed by atoms with Gasteiger partial charge < -0.3 is 10.1 Å². The number of anilines is 1. The van der Waals surface area contributed by atoms with Crippen molar-refractivity contribution in [1.29, 1.82) is 0 Å². The molecule has 148 valence electrons. The number of carbonyl (C=O) groups is 2. The fraction of sp³-hybridized carbons (Fsp3) is 0.0952. The van der Waals surface area contributed by atoms with Gasteiger partial charge in [-0.15, -0.1) is 0 Å². The molecule has 1 N–H and O–H groups in total. The van der Waals surface area contributed by atoms with Crippen molar-refractivity contribution in [2.45, 2.75) is 6.92 Å². The Bertz CT molecular complexity index is 1040. The largest absolute Gasteiger partial charge is 0.462 e. The van der Waals surface area contributed by atoms with Crippen LogP contribution in [0.3, 0.4) is 0 Å². The van der Waals surface area contributed by atoms with E-state index < -0.39 is 17.7 Å². The maximum atomic E-state index is 13.9. The third kappa shape index (κ3) is 4.70. The summed E-state index contributed by atoms with van der Waals surface area (Å²) in [6.45, 7) is 1.85. The van der Waals surface area contributed by atoms with Gasteiger partial charge in [0.2, 0.25) is 5.91 Å².